The summed E-state index contributed by atoms with van der Waals surface area (Å²) in [6.07, 6.45) is 5.06. The van der Waals surface area contributed by atoms with Gasteiger partial charge in [0.2, 0.25) is 0 Å². The number of aromatic nitrogens is 4. The van der Waals surface area contributed by atoms with Crippen LogP contribution in [-0.2, 0) is 21.1 Å². The van der Waals surface area contributed by atoms with E-state index in [1.165, 1.54) is 17.3 Å². The molecule has 1 aliphatic carbocycles. The molecular weight excluding hydrogens is 504 g/mol. The van der Waals surface area contributed by atoms with Crippen LogP contribution in [-0.4, -0.2) is 45.7 Å². The van der Waals surface area contributed by atoms with E-state index in [2.05, 4.69) is 26.0 Å². The van der Waals surface area contributed by atoms with Gasteiger partial charge in [0.05, 0.1) is 40.1 Å². The summed E-state index contributed by atoms with van der Waals surface area (Å²) in [5, 5.41) is 17.6. The molecular formula is C27H28N6O4S. The molecule has 0 spiro atoms. The van der Waals surface area contributed by atoms with Crippen LogP contribution in [0.1, 0.15) is 44.7 Å². The summed E-state index contributed by atoms with van der Waals surface area (Å²) in [5.74, 6) is -0.113. The number of carbonyl (C=O) groups is 1. The van der Waals surface area contributed by atoms with Crippen LogP contribution in [0.15, 0.2) is 60.0 Å². The van der Waals surface area contributed by atoms with E-state index in [4.69, 9.17) is 4.74 Å². The second kappa shape index (κ2) is 10.3. The zero-order valence-electron chi connectivity index (χ0n) is 21.2. The number of fused-ring (bicyclic) bond motifs is 1. The lowest BCUT2D eigenvalue weighted by Crippen LogP contribution is -2.18. The molecule has 2 aromatic carbocycles. The number of nitrogens with zero attached hydrogens (tertiary/aromatic N) is 5. The van der Waals surface area contributed by atoms with E-state index in [9.17, 15) is 18.5 Å². The highest BCUT2D eigenvalue weighted by Gasteiger charge is 2.29. The molecule has 5 rings (SSSR count). The van der Waals surface area contributed by atoms with Gasteiger partial charge in [-0.05, 0) is 62.9 Å². The molecule has 10 nitrogen and oxygen atoms in total. The van der Waals surface area contributed by atoms with E-state index in [0.717, 1.165) is 36.0 Å². The van der Waals surface area contributed by atoms with Crippen molar-refractivity contribution in [2.45, 2.75) is 56.7 Å². The number of benzene rings is 2. The van der Waals surface area contributed by atoms with Crippen LogP contribution in [0, 0.1) is 11.3 Å². The molecule has 1 fully saturated rings. The van der Waals surface area contributed by atoms with Crippen LogP contribution in [0.2, 0.25) is 0 Å². The van der Waals surface area contributed by atoms with Crippen LogP contribution in [0.25, 0.3) is 22.2 Å². The Hall–Kier alpha value is -4.17. The topological polar surface area (TPSA) is 132 Å². The van der Waals surface area contributed by atoms with Gasteiger partial charge in [0.25, 0.3) is 0 Å². The Balaban J connectivity index is 1.54. The first kappa shape index (κ1) is 25.5. The minimum absolute atomic E-state index is 0.113. The molecule has 0 bridgehead atoms. The van der Waals surface area contributed by atoms with Gasteiger partial charge in [0.1, 0.15) is 18.7 Å². The summed E-state index contributed by atoms with van der Waals surface area (Å²) >= 11 is 0. The van der Waals surface area contributed by atoms with Gasteiger partial charge >= 0.3 is 6.09 Å². The molecule has 1 amide bonds. The van der Waals surface area contributed by atoms with Crippen molar-refractivity contribution >= 4 is 32.5 Å². The van der Waals surface area contributed by atoms with Gasteiger partial charge in [0.15, 0.2) is 9.84 Å². The van der Waals surface area contributed by atoms with Gasteiger partial charge in [-0.1, -0.05) is 18.2 Å². The number of hydrogen-bond donors (Lipinski definition) is 1. The molecule has 2 aromatic heterocycles. The fourth-order valence-electron chi connectivity index (χ4n) is 4.66. The van der Waals surface area contributed by atoms with E-state index in [1.54, 1.807) is 44.2 Å². The second-order valence-corrected chi connectivity index (χ2v) is 11.7. The van der Waals surface area contributed by atoms with Crippen molar-refractivity contribution in [3.63, 3.8) is 0 Å². The van der Waals surface area contributed by atoms with Crippen LogP contribution >= 0.6 is 0 Å². The average Bonchev–Trinajstić information content (AvgIpc) is 3.48. The molecule has 1 N–H and O–H groups in total. The minimum atomic E-state index is -3.60. The predicted molar refractivity (Wildman–Crippen MR) is 142 cm³/mol. The Kier molecular flexibility index (Phi) is 6.91. The molecule has 38 heavy (non-hydrogen) atoms. The van der Waals surface area contributed by atoms with Crippen molar-refractivity contribution in [1.29, 1.82) is 5.26 Å². The number of hydrogen-bond acceptors (Lipinski definition) is 7. The van der Waals surface area contributed by atoms with Gasteiger partial charge in [-0.3, -0.25) is 10.00 Å². The van der Waals surface area contributed by atoms with Gasteiger partial charge in [-0.15, -0.1) is 0 Å². The number of amides is 1. The fourth-order valence-corrected chi connectivity index (χ4v) is 5.89. The smallest absolute Gasteiger partial charge is 0.411 e. The Morgan fingerprint density at radius 3 is 2.58 bits per heavy atom. The molecule has 1 saturated carbocycles. The highest BCUT2D eigenvalue weighted by Crippen LogP contribution is 2.43. The number of carbonyl (C=O) groups excluding carboxylic acids is 1. The predicted octanol–water partition coefficient (Wildman–Crippen LogP) is 4.93. The first-order chi connectivity index (χ1) is 18.3. The van der Waals surface area contributed by atoms with Gasteiger partial charge < -0.3 is 9.30 Å². The molecule has 0 saturated heterocycles. The molecule has 1 aliphatic rings. The number of anilines is 1. The maximum absolute atomic E-state index is 13.2. The third-order valence-corrected chi connectivity index (χ3v) is 8.38. The molecule has 0 unspecified atom stereocenters. The van der Waals surface area contributed by atoms with E-state index >= 15 is 0 Å². The Morgan fingerprint density at radius 2 is 1.97 bits per heavy atom. The number of sulfone groups is 1. The molecule has 196 valence electrons. The van der Waals surface area contributed by atoms with E-state index < -0.39 is 15.9 Å². The molecule has 0 radical (unpaired) electrons. The molecule has 4 aromatic rings. The van der Waals surface area contributed by atoms with Crippen molar-refractivity contribution in [3.8, 4) is 17.3 Å². The number of nitrogens with one attached hydrogen (secondary N) is 1. The summed E-state index contributed by atoms with van der Waals surface area (Å²) < 4.78 is 35.1. The van der Waals surface area contributed by atoms with Gasteiger partial charge in [-0.2, -0.15) is 10.4 Å². The molecule has 2 heterocycles. The third-order valence-electron chi connectivity index (χ3n) is 6.69. The Labute approximate surface area is 220 Å². The average molecular weight is 533 g/mol. The Bertz CT molecular complexity index is 1610. The molecule has 0 aliphatic heterocycles. The highest BCUT2D eigenvalue weighted by atomic mass is 32.2. The molecule has 0 atom stereocenters. The normalized spacial score (nSPS) is 13.8. The fraction of sp³-hybridized carbons (Fsp3) is 0.333. The van der Waals surface area contributed by atoms with Crippen molar-refractivity contribution in [2.24, 2.45) is 0 Å². The minimum Gasteiger partial charge on any atom is -0.447 e. The van der Waals surface area contributed by atoms with Crippen molar-refractivity contribution in [2.75, 3.05) is 11.1 Å². The maximum atomic E-state index is 13.2. The summed E-state index contributed by atoms with van der Waals surface area (Å²) in [4.78, 5) is 16.0. The summed E-state index contributed by atoms with van der Waals surface area (Å²) in [6.45, 7) is 3.75. The van der Waals surface area contributed by atoms with Crippen LogP contribution in [0.3, 0.4) is 0 Å². The lowest BCUT2D eigenvalue weighted by atomic mass is 9.92. The molecule has 11 heteroatoms. The number of aryl methyl sites for hydroxylation is 1. The van der Waals surface area contributed by atoms with E-state index in [0.29, 0.717) is 16.6 Å². The monoisotopic (exact) mass is 532 g/mol. The SMILES string of the molecule is CC(C)OC(=O)Nc1ccc(-c2c(C#N)c3ccc(S(=O)(=O)CCn4cncn4)cc3n2C2CCC2)cc1. The first-order valence-electron chi connectivity index (χ1n) is 12.5. The van der Waals surface area contributed by atoms with Gasteiger partial charge in [0, 0.05) is 17.1 Å². The standard InChI is InChI=1S/C27H28N6O4S/c1-18(2)37-27(34)31-20-8-6-19(7-9-20)26-24(15-28)23-11-10-22(14-25(23)33(26)21-4-3-5-21)38(35,36)13-12-32-17-29-16-30-32/h6-11,14,16-18,21H,3-5,12-13H2,1-2H3,(H,31,34). The zero-order chi connectivity index (χ0) is 26.9. The van der Waals surface area contributed by atoms with Crippen LogP contribution in [0.4, 0.5) is 10.5 Å². The van der Waals surface area contributed by atoms with E-state index in [-0.39, 0.29) is 29.3 Å². The lowest BCUT2D eigenvalue weighted by molar-refractivity contribution is 0.130. The lowest BCUT2D eigenvalue weighted by Gasteiger charge is -2.30. The highest BCUT2D eigenvalue weighted by molar-refractivity contribution is 7.91. The number of rotatable bonds is 8. The summed E-state index contributed by atoms with van der Waals surface area (Å²) in [5.41, 5.74) is 3.36. The summed E-state index contributed by atoms with van der Waals surface area (Å²) in [6, 6.07) is 14.7. The third kappa shape index (κ3) is 4.99. The Morgan fingerprint density at radius 1 is 1.21 bits per heavy atom. The second-order valence-electron chi connectivity index (χ2n) is 9.60. The summed E-state index contributed by atoms with van der Waals surface area (Å²) in [7, 11) is -3.60. The zero-order valence-corrected chi connectivity index (χ0v) is 22.0. The first-order valence-corrected chi connectivity index (χ1v) is 14.1. The maximum Gasteiger partial charge on any atom is 0.411 e. The van der Waals surface area contributed by atoms with Crippen molar-refractivity contribution in [3.05, 3.63) is 60.7 Å². The number of nitriles is 1. The van der Waals surface area contributed by atoms with Gasteiger partial charge in [-0.25, -0.2) is 18.2 Å². The number of ether oxygens (including phenoxy) is 1. The van der Waals surface area contributed by atoms with Crippen molar-refractivity contribution < 1.29 is 17.9 Å². The van der Waals surface area contributed by atoms with Crippen molar-refractivity contribution in [1.82, 2.24) is 19.3 Å². The van der Waals surface area contributed by atoms with Crippen LogP contribution in [0.5, 0.6) is 0 Å². The van der Waals surface area contributed by atoms with Crippen LogP contribution < -0.4 is 5.32 Å². The quantitative estimate of drug-likeness (QED) is 0.340. The largest absolute Gasteiger partial charge is 0.447 e. The van der Waals surface area contributed by atoms with E-state index in [1.807, 2.05) is 12.1 Å².